The number of anilines is 1. The summed E-state index contributed by atoms with van der Waals surface area (Å²) in [5.41, 5.74) is 0.815. The van der Waals surface area contributed by atoms with Crippen LogP contribution in [0.5, 0.6) is 5.75 Å². The van der Waals surface area contributed by atoms with Crippen LogP contribution in [0.25, 0.3) is 10.9 Å². The lowest BCUT2D eigenvalue weighted by Crippen LogP contribution is -2.43. The van der Waals surface area contributed by atoms with Crippen molar-refractivity contribution < 1.29 is 22.4 Å². The van der Waals surface area contributed by atoms with E-state index in [4.69, 9.17) is 10.8 Å². The fourth-order valence-corrected chi connectivity index (χ4v) is 3.81. The van der Waals surface area contributed by atoms with Gasteiger partial charge in [-0.3, -0.25) is 4.79 Å². The molecular weight excluding hydrogens is 397 g/mol. The van der Waals surface area contributed by atoms with E-state index in [1.165, 1.54) is 13.1 Å². The van der Waals surface area contributed by atoms with E-state index >= 15 is 0 Å². The molecule has 0 bridgehead atoms. The van der Waals surface area contributed by atoms with Crippen molar-refractivity contribution in [3.63, 3.8) is 0 Å². The van der Waals surface area contributed by atoms with E-state index in [1.807, 2.05) is 0 Å². The minimum Gasteiger partial charge on any atom is -0.543 e. The Hall–Kier alpha value is -2.40. The summed E-state index contributed by atoms with van der Waals surface area (Å²) >= 11 is 0. The van der Waals surface area contributed by atoms with Crippen LogP contribution >= 0.6 is 0 Å². The van der Waals surface area contributed by atoms with Crippen molar-refractivity contribution in [3.8, 4) is 18.1 Å². The average molecular weight is 425 g/mol. The molecular formula is C21H27F3N2O2Si. The molecule has 1 heterocycles. The van der Waals surface area contributed by atoms with E-state index < -0.39 is 20.4 Å². The second-order valence-corrected chi connectivity index (χ2v) is 13.2. The Morgan fingerprint density at radius 2 is 1.90 bits per heavy atom. The average Bonchev–Trinajstić information content (AvgIpc) is 2.92. The van der Waals surface area contributed by atoms with Gasteiger partial charge in [-0.2, -0.15) is 13.2 Å². The number of hydrogen-bond acceptors (Lipinski definition) is 2. The molecule has 1 aromatic heterocycles. The summed E-state index contributed by atoms with van der Waals surface area (Å²) in [6.07, 6.45) is 1.94. The number of aromatic nitrogens is 1. The van der Waals surface area contributed by atoms with Gasteiger partial charge in [0.25, 0.3) is 0 Å². The summed E-state index contributed by atoms with van der Waals surface area (Å²) in [5.74, 6) is 1.15. The molecule has 2 rings (SSSR count). The number of halogens is 3. The van der Waals surface area contributed by atoms with Gasteiger partial charge >= 0.3 is 12.1 Å². The number of hydrogen-bond donors (Lipinski definition) is 0. The molecule has 0 fully saturated rings. The van der Waals surface area contributed by atoms with Gasteiger partial charge in [-0.25, -0.2) is 0 Å². The van der Waals surface area contributed by atoms with E-state index in [-0.39, 0.29) is 23.8 Å². The number of alkyl halides is 3. The number of fused-ring (bicyclic) bond motifs is 1. The Kier molecular flexibility index (Phi) is 6.14. The highest BCUT2D eigenvalue weighted by Crippen LogP contribution is 2.39. The van der Waals surface area contributed by atoms with Crippen LogP contribution in [0.1, 0.15) is 27.7 Å². The summed E-state index contributed by atoms with van der Waals surface area (Å²) in [4.78, 5) is 12.7. The Morgan fingerprint density at radius 3 is 2.38 bits per heavy atom. The van der Waals surface area contributed by atoms with Gasteiger partial charge < -0.3 is 13.9 Å². The van der Waals surface area contributed by atoms with Gasteiger partial charge in [-0.05, 0) is 43.3 Å². The van der Waals surface area contributed by atoms with E-state index in [2.05, 4.69) is 39.8 Å². The standard InChI is InChI=1S/C21H27F3N2O2Si/c1-8-12-25-14-18(26(9-2)19(27)21(22,23)24)16-13-15(10-11-17(16)25)28-29(6,7)20(3,4)5/h1,10-11,13-14H,9,12H2,2-7H3. The van der Waals surface area contributed by atoms with Crippen molar-refractivity contribution >= 4 is 30.8 Å². The summed E-state index contributed by atoms with van der Waals surface area (Å²) in [7, 11) is -2.15. The fourth-order valence-electron chi connectivity index (χ4n) is 2.79. The number of amides is 1. The SMILES string of the molecule is C#CCn1cc(N(CC)C(=O)C(F)(F)F)c2cc(O[Si](C)(C)C(C)(C)C)ccc21. The number of carbonyl (C=O) groups is 1. The summed E-state index contributed by atoms with van der Waals surface area (Å²) in [6.45, 7) is 12.1. The molecule has 0 spiro atoms. The summed E-state index contributed by atoms with van der Waals surface area (Å²) < 4.78 is 47.3. The van der Waals surface area contributed by atoms with Crippen LogP contribution in [0.2, 0.25) is 18.1 Å². The topological polar surface area (TPSA) is 34.5 Å². The lowest BCUT2D eigenvalue weighted by Gasteiger charge is -2.36. The molecule has 0 aliphatic carbocycles. The molecule has 4 nitrogen and oxygen atoms in total. The van der Waals surface area contributed by atoms with Crippen molar-refractivity contribution in [1.82, 2.24) is 4.57 Å². The quantitative estimate of drug-likeness (QED) is 0.464. The van der Waals surface area contributed by atoms with Crippen molar-refractivity contribution in [2.24, 2.45) is 0 Å². The number of nitrogens with zero attached hydrogens (tertiary/aromatic N) is 2. The van der Waals surface area contributed by atoms with Crippen molar-refractivity contribution in [2.75, 3.05) is 11.4 Å². The molecule has 0 N–H and O–H groups in total. The van der Waals surface area contributed by atoms with Crippen LogP contribution in [0, 0.1) is 12.3 Å². The van der Waals surface area contributed by atoms with Crippen LogP contribution < -0.4 is 9.33 Å². The molecule has 0 aliphatic heterocycles. The number of carbonyl (C=O) groups excluding carboxylic acids is 1. The van der Waals surface area contributed by atoms with Crippen LogP contribution in [0.4, 0.5) is 18.9 Å². The highest BCUT2D eigenvalue weighted by atomic mass is 28.4. The van der Waals surface area contributed by atoms with Gasteiger partial charge in [0.15, 0.2) is 0 Å². The first-order chi connectivity index (χ1) is 13.2. The maximum absolute atomic E-state index is 13.1. The molecule has 8 heteroatoms. The van der Waals surface area contributed by atoms with Crippen LogP contribution in [0.15, 0.2) is 24.4 Å². The van der Waals surface area contributed by atoms with E-state index in [0.717, 1.165) is 4.90 Å². The van der Waals surface area contributed by atoms with Crippen molar-refractivity contribution in [3.05, 3.63) is 24.4 Å². The molecule has 2 aromatic rings. The molecule has 29 heavy (non-hydrogen) atoms. The second-order valence-electron chi connectivity index (χ2n) is 8.43. The first-order valence-corrected chi connectivity index (χ1v) is 12.3. The van der Waals surface area contributed by atoms with E-state index in [1.54, 1.807) is 22.8 Å². The minimum atomic E-state index is -4.97. The molecule has 0 saturated carbocycles. The Balaban J connectivity index is 2.63. The van der Waals surface area contributed by atoms with E-state index in [0.29, 0.717) is 16.7 Å². The molecule has 0 unspecified atom stereocenters. The highest BCUT2D eigenvalue weighted by Gasteiger charge is 2.43. The molecule has 0 aliphatic rings. The fraction of sp³-hybridized carbons (Fsp3) is 0.476. The number of terminal acetylenes is 1. The third kappa shape index (κ3) is 4.61. The lowest BCUT2D eigenvalue weighted by atomic mass is 10.2. The van der Waals surface area contributed by atoms with Crippen molar-refractivity contribution in [2.45, 2.75) is 58.5 Å². The smallest absolute Gasteiger partial charge is 0.471 e. The number of benzene rings is 1. The molecule has 1 aromatic carbocycles. The maximum Gasteiger partial charge on any atom is 0.471 e. The predicted molar refractivity (Wildman–Crippen MR) is 113 cm³/mol. The zero-order chi connectivity index (χ0) is 22.2. The van der Waals surface area contributed by atoms with Gasteiger partial charge in [-0.1, -0.05) is 26.7 Å². The van der Waals surface area contributed by atoms with Crippen molar-refractivity contribution in [1.29, 1.82) is 0 Å². The Bertz CT molecular complexity index is 950. The molecule has 0 saturated heterocycles. The van der Waals surface area contributed by atoms with Crippen LogP contribution in [-0.2, 0) is 11.3 Å². The lowest BCUT2D eigenvalue weighted by molar-refractivity contribution is -0.170. The third-order valence-corrected chi connectivity index (χ3v) is 9.73. The largest absolute Gasteiger partial charge is 0.543 e. The summed E-state index contributed by atoms with van der Waals surface area (Å²) in [5, 5.41) is 0.456. The van der Waals surface area contributed by atoms with E-state index in [9.17, 15) is 18.0 Å². The van der Waals surface area contributed by atoms with Gasteiger partial charge in [0, 0.05) is 18.1 Å². The maximum atomic E-state index is 13.1. The van der Waals surface area contributed by atoms with Gasteiger partial charge in [-0.15, -0.1) is 6.42 Å². The molecule has 0 radical (unpaired) electrons. The van der Waals surface area contributed by atoms with Gasteiger partial charge in [0.2, 0.25) is 8.32 Å². The monoisotopic (exact) mass is 424 g/mol. The zero-order valence-electron chi connectivity index (χ0n) is 17.6. The Labute approximate surface area is 170 Å². The Morgan fingerprint density at radius 1 is 1.28 bits per heavy atom. The first kappa shape index (κ1) is 22.9. The zero-order valence-corrected chi connectivity index (χ0v) is 18.6. The predicted octanol–water partition coefficient (Wildman–Crippen LogP) is 5.57. The highest BCUT2D eigenvalue weighted by molar-refractivity contribution is 6.74. The minimum absolute atomic E-state index is 0.0398. The second kappa shape index (κ2) is 7.79. The van der Waals surface area contributed by atoms with Crippen LogP contribution in [-0.4, -0.2) is 31.5 Å². The molecule has 1 amide bonds. The molecule has 0 atom stereocenters. The molecule has 158 valence electrons. The normalized spacial score (nSPS) is 12.7. The number of rotatable bonds is 5. The summed E-state index contributed by atoms with van der Waals surface area (Å²) in [6, 6.07) is 5.26. The first-order valence-electron chi connectivity index (χ1n) is 9.37. The van der Waals surface area contributed by atoms with Gasteiger partial charge in [0.05, 0.1) is 17.7 Å². The third-order valence-electron chi connectivity index (χ3n) is 5.37. The van der Waals surface area contributed by atoms with Crippen LogP contribution in [0.3, 0.4) is 0 Å². The van der Waals surface area contributed by atoms with Gasteiger partial charge in [0.1, 0.15) is 5.75 Å².